The number of pyridine rings is 1. The molecule has 1 aliphatic rings. The molecular weight excluding hydrogens is 430 g/mol. The molecule has 1 saturated heterocycles. The van der Waals surface area contributed by atoms with Crippen LogP contribution in [0.3, 0.4) is 0 Å². The highest BCUT2D eigenvalue weighted by Crippen LogP contribution is 2.28. The van der Waals surface area contributed by atoms with Gasteiger partial charge in [0.1, 0.15) is 11.5 Å². The molecule has 2 aromatic carbocycles. The van der Waals surface area contributed by atoms with Crippen LogP contribution in [-0.2, 0) is 6.54 Å². The Kier molecular flexibility index (Phi) is 6.51. The minimum atomic E-state index is -0.481. The number of nitrogens with zero attached hydrogens (tertiary/aromatic N) is 4. The van der Waals surface area contributed by atoms with E-state index in [0.29, 0.717) is 49.0 Å². The van der Waals surface area contributed by atoms with E-state index in [-0.39, 0.29) is 11.6 Å². The number of nitro groups is 1. The van der Waals surface area contributed by atoms with Crippen molar-refractivity contribution in [3.05, 3.63) is 93.1 Å². The first-order valence-corrected chi connectivity index (χ1v) is 10.6. The molecule has 0 aliphatic carbocycles. The van der Waals surface area contributed by atoms with Crippen molar-refractivity contribution in [2.24, 2.45) is 0 Å². The van der Waals surface area contributed by atoms with E-state index in [2.05, 4.69) is 15.2 Å². The van der Waals surface area contributed by atoms with Gasteiger partial charge in [0.15, 0.2) is 0 Å². The number of amides is 1. The summed E-state index contributed by atoms with van der Waals surface area (Å²) in [6.45, 7) is 2.69. The molecule has 0 unspecified atom stereocenters. The topological polar surface area (TPSA) is 91.6 Å². The summed E-state index contributed by atoms with van der Waals surface area (Å²) in [7, 11) is 0. The molecule has 1 fully saturated rings. The van der Waals surface area contributed by atoms with Crippen molar-refractivity contribution in [2.75, 3.05) is 36.4 Å². The van der Waals surface area contributed by atoms with Crippen molar-refractivity contribution < 1.29 is 9.72 Å². The van der Waals surface area contributed by atoms with Crippen molar-refractivity contribution in [3.8, 4) is 0 Å². The van der Waals surface area contributed by atoms with Crippen LogP contribution in [0.1, 0.15) is 15.9 Å². The minimum Gasteiger partial charge on any atom is -0.375 e. The molecule has 0 saturated carbocycles. The van der Waals surface area contributed by atoms with Crippen molar-refractivity contribution in [2.45, 2.75) is 6.54 Å². The summed E-state index contributed by atoms with van der Waals surface area (Å²) in [5.41, 5.74) is 1.32. The fourth-order valence-electron chi connectivity index (χ4n) is 3.66. The number of hydrogen-bond acceptors (Lipinski definition) is 6. The molecule has 9 heteroatoms. The van der Waals surface area contributed by atoms with E-state index in [1.165, 1.54) is 6.07 Å². The lowest BCUT2D eigenvalue weighted by Gasteiger charge is -2.35. The van der Waals surface area contributed by atoms with Gasteiger partial charge in [0.2, 0.25) is 0 Å². The van der Waals surface area contributed by atoms with Crippen molar-refractivity contribution >= 4 is 34.7 Å². The molecule has 0 atom stereocenters. The molecule has 1 aromatic heterocycles. The third-order valence-electron chi connectivity index (χ3n) is 5.41. The van der Waals surface area contributed by atoms with E-state index in [4.69, 9.17) is 11.6 Å². The number of aromatic nitrogens is 1. The monoisotopic (exact) mass is 451 g/mol. The van der Waals surface area contributed by atoms with E-state index < -0.39 is 4.92 Å². The van der Waals surface area contributed by atoms with Crippen molar-refractivity contribution in [1.29, 1.82) is 0 Å². The number of nitrogens with one attached hydrogen (secondary N) is 1. The summed E-state index contributed by atoms with van der Waals surface area (Å²) in [4.78, 5) is 32.3. The van der Waals surface area contributed by atoms with Gasteiger partial charge in [-0.25, -0.2) is 4.98 Å². The van der Waals surface area contributed by atoms with Crippen LogP contribution in [0, 0.1) is 10.1 Å². The normalized spacial score (nSPS) is 13.7. The smallest absolute Gasteiger partial charge is 0.293 e. The summed E-state index contributed by atoms with van der Waals surface area (Å²) in [5.74, 6) is 0.663. The highest BCUT2D eigenvalue weighted by atomic mass is 35.5. The van der Waals surface area contributed by atoms with Crippen molar-refractivity contribution in [1.82, 2.24) is 9.88 Å². The molecule has 1 N–H and O–H groups in total. The first-order valence-electron chi connectivity index (χ1n) is 10.2. The summed E-state index contributed by atoms with van der Waals surface area (Å²) in [6, 6.07) is 17.6. The van der Waals surface area contributed by atoms with E-state index in [9.17, 15) is 14.9 Å². The molecule has 32 heavy (non-hydrogen) atoms. The van der Waals surface area contributed by atoms with Gasteiger partial charge in [-0.15, -0.1) is 0 Å². The number of halogens is 1. The van der Waals surface area contributed by atoms with Gasteiger partial charge in [-0.05, 0) is 35.9 Å². The second kappa shape index (κ2) is 9.65. The lowest BCUT2D eigenvalue weighted by atomic mass is 10.1. The number of carbonyl (C=O) groups is 1. The summed E-state index contributed by atoms with van der Waals surface area (Å²) in [6.07, 6.45) is 1.74. The Morgan fingerprint density at radius 2 is 1.81 bits per heavy atom. The molecule has 0 radical (unpaired) electrons. The van der Waals surface area contributed by atoms with Gasteiger partial charge in [0, 0.05) is 55.6 Å². The predicted octanol–water partition coefficient (Wildman–Crippen LogP) is 4.22. The summed E-state index contributed by atoms with van der Waals surface area (Å²) >= 11 is 6.16. The molecule has 8 nitrogen and oxygen atoms in total. The molecule has 1 aliphatic heterocycles. The van der Waals surface area contributed by atoms with Gasteiger partial charge in [-0.2, -0.15) is 0 Å². The maximum absolute atomic E-state index is 13.0. The van der Waals surface area contributed by atoms with Crippen LogP contribution in [0.5, 0.6) is 0 Å². The number of rotatable bonds is 6. The lowest BCUT2D eigenvalue weighted by Crippen LogP contribution is -2.49. The largest absolute Gasteiger partial charge is 0.375 e. The SMILES string of the molecule is O=C(c1ccc(NCc2ccccc2Cl)c([N+](=O)[O-])c1)N1CCN(c2ccccn2)CC1. The quantitative estimate of drug-likeness (QED) is 0.445. The first-order chi connectivity index (χ1) is 15.5. The van der Waals surface area contributed by atoms with Crippen LogP contribution in [-0.4, -0.2) is 46.9 Å². The molecule has 164 valence electrons. The summed E-state index contributed by atoms with van der Waals surface area (Å²) < 4.78 is 0. The number of anilines is 2. The van der Waals surface area contributed by atoms with Crippen molar-refractivity contribution in [3.63, 3.8) is 0 Å². The third kappa shape index (κ3) is 4.81. The number of nitro benzene ring substituents is 1. The van der Waals surface area contributed by atoms with E-state index in [1.54, 1.807) is 29.3 Å². The third-order valence-corrected chi connectivity index (χ3v) is 5.78. The van der Waals surface area contributed by atoms with Gasteiger partial charge in [0.05, 0.1) is 4.92 Å². The Balaban J connectivity index is 1.44. The Hall–Kier alpha value is -3.65. The van der Waals surface area contributed by atoms with Crippen LogP contribution in [0.2, 0.25) is 5.02 Å². The number of piperazine rings is 1. The first kappa shape index (κ1) is 21.6. The average Bonchev–Trinajstić information content (AvgIpc) is 2.83. The zero-order valence-electron chi connectivity index (χ0n) is 17.3. The Bertz CT molecular complexity index is 1120. The maximum atomic E-state index is 13.0. The Morgan fingerprint density at radius 1 is 1.06 bits per heavy atom. The fourth-order valence-corrected chi connectivity index (χ4v) is 3.86. The number of benzene rings is 2. The van der Waals surface area contributed by atoms with Crippen LogP contribution in [0.25, 0.3) is 0 Å². The maximum Gasteiger partial charge on any atom is 0.293 e. The fraction of sp³-hybridized carbons (Fsp3) is 0.217. The zero-order valence-corrected chi connectivity index (χ0v) is 18.0. The molecule has 0 bridgehead atoms. The van der Waals surface area contributed by atoms with Gasteiger partial charge in [-0.1, -0.05) is 35.9 Å². The average molecular weight is 452 g/mol. The molecule has 1 amide bonds. The Labute approximate surface area is 190 Å². The van der Waals surface area contributed by atoms with E-state index in [1.807, 2.05) is 36.4 Å². The molecule has 0 spiro atoms. The van der Waals surface area contributed by atoms with Gasteiger partial charge < -0.3 is 15.1 Å². The Morgan fingerprint density at radius 3 is 2.50 bits per heavy atom. The zero-order chi connectivity index (χ0) is 22.5. The van der Waals surface area contributed by atoms with Crippen LogP contribution >= 0.6 is 11.6 Å². The van der Waals surface area contributed by atoms with Gasteiger partial charge in [0.25, 0.3) is 11.6 Å². The van der Waals surface area contributed by atoms with Crippen LogP contribution < -0.4 is 10.2 Å². The predicted molar refractivity (Wildman–Crippen MR) is 124 cm³/mol. The highest BCUT2D eigenvalue weighted by molar-refractivity contribution is 6.31. The van der Waals surface area contributed by atoms with E-state index >= 15 is 0 Å². The molecular formula is C23H22ClN5O3. The highest BCUT2D eigenvalue weighted by Gasteiger charge is 2.25. The molecule has 4 rings (SSSR count). The number of hydrogen-bond donors (Lipinski definition) is 1. The van der Waals surface area contributed by atoms with Crippen LogP contribution in [0.15, 0.2) is 66.9 Å². The second-order valence-electron chi connectivity index (χ2n) is 7.40. The van der Waals surface area contributed by atoms with Gasteiger partial charge >= 0.3 is 0 Å². The lowest BCUT2D eigenvalue weighted by molar-refractivity contribution is -0.384. The summed E-state index contributed by atoms with van der Waals surface area (Å²) in [5, 5.41) is 15.3. The molecule has 3 aromatic rings. The molecule has 2 heterocycles. The minimum absolute atomic E-state index is 0.143. The second-order valence-corrected chi connectivity index (χ2v) is 7.81. The van der Waals surface area contributed by atoms with Gasteiger partial charge in [-0.3, -0.25) is 14.9 Å². The van der Waals surface area contributed by atoms with E-state index in [0.717, 1.165) is 11.4 Å². The standard InChI is InChI=1S/C23H22ClN5O3/c24-19-6-2-1-5-18(19)16-26-20-9-8-17(15-21(20)29(31)32)23(30)28-13-11-27(12-14-28)22-7-3-4-10-25-22/h1-10,15,26H,11-14,16H2. The van der Waals surface area contributed by atoms with Crippen LogP contribution in [0.4, 0.5) is 17.2 Å². The number of carbonyl (C=O) groups excluding carboxylic acids is 1.